The highest BCUT2D eigenvalue weighted by Crippen LogP contribution is 2.24. The Labute approximate surface area is 95.8 Å². The van der Waals surface area contributed by atoms with Crippen LogP contribution in [0.1, 0.15) is 29.5 Å². The standard InChI is InChI=1S/C8H10N6O3/c1-3-4-5-6(14(16)17)7(13(2)11-5)8(15)10-12-9/h3-4H2,1-2H3. The van der Waals surface area contributed by atoms with Gasteiger partial charge in [-0.2, -0.15) is 5.10 Å². The summed E-state index contributed by atoms with van der Waals surface area (Å²) in [5.41, 5.74) is 7.71. The molecule has 0 fully saturated rings. The third-order valence-corrected chi connectivity index (χ3v) is 2.10. The Kier molecular flexibility index (Phi) is 3.78. The van der Waals surface area contributed by atoms with Crippen LogP contribution in [0, 0.1) is 10.1 Å². The molecule has 90 valence electrons. The molecule has 1 aromatic rings. The molecule has 0 aliphatic carbocycles. The number of aromatic nitrogens is 2. The van der Waals surface area contributed by atoms with Gasteiger partial charge >= 0.3 is 5.69 Å². The average molecular weight is 238 g/mol. The Hall–Kier alpha value is -2.41. The quantitative estimate of drug-likeness (QED) is 0.260. The molecule has 0 atom stereocenters. The van der Waals surface area contributed by atoms with E-state index in [1.807, 2.05) is 6.92 Å². The van der Waals surface area contributed by atoms with Gasteiger partial charge in [0.05, 0.1) is 4.92 Å². The van der Waals surface area contributed by atoms with Gasteiger partial charge in [0, 0.05) is 12.0 Å². The van der Waals surface area contributed by atoms with Gasteiger partial charge in [-0.15, -0.1) is 0 Å². The minimum absolute atomic E-state index is 0.219. The number of hydrogen-bond acceptors (Lipinski definition) is 4. The maximum absolute atomic E-state index is 11.4. The maximum atomic E-state index is 11.4. The van der Waals surface area contributed by atoms with Crippen LogP contribution in [-0.4, -0.2) is 20.6 Å². The molecule has 9 heteroatoms. The summed E-state index contributed by atoms with van der Waals surface area (Å²) in [6, 6.07) is 0. The van der Waals surface area contributed by atoms with Gasteiger partial charge in [0.25, 0.3) is 5.91 Å². The number of carbonyl (C=O) groups excluding carboxylic acids is 1. The van der Waals surface area contributed by atoms with E-state index >= 15 is 0 Å². The number of nitrogens with zero attached hydrogens (tertiary/aromatic N) is 6. The summed E-state index contributed by atoms with van der Waals surface area (Å²) < 4.78 is 1.07. The topological polar surface area (TPSA) is 127 Å². The van der Waals surface area contributed by atoms with Crippen LogP contribution in [-0.2, 0) is 13.5 Å². The minimum atomic E-state index is -1.00. The van der Waals surface area contributed by atoms with Crippen molar-refractivity contribution in [2.24, 2.45) is 12.2 Å². The molecule has 0 aliphatic rings. The van der Waals surface area contributed by atoms with Crippen molar-refractivity contribution >= 4 is 11.6 Å². The van der Waals surface area contributed by atoms with Crippen LogP contribution in [0.15, 0.2) is 5.11 Å². The van der Waals surface area contributed by atoms with Crippen molar-refractivity contribution in [3.05, 3.63) is 31.9 Å². The van der Waals surface area contributed by atoms with Crippen molar-refractivity contribution in [1.29, 1.82) is 0 Å². The van der Waals surface area contributed by atoms with Gasteiger partial charge < -0.3 is 0 Å². The molecule has 1 heterocycles. The van der Waals surface area contributed by atoms with Crippen LogP contribution in [0.2, 0.25) is 0 Å². The molecule has 0 radical (unpaired) electrons. The first kappa shape index (κ1) is 12.7. The Morgan fingerprint density at radius 3 is 2.82 bits per heavy atom. The highest BCUT2D eigenvalue weighted by Gasteiger charge is 2.29. The number of amides is 1. The van der Waals surface area contributed by atoms with E-state index in [4.69, 9.17) is 5.53 Å². The molecule has 0 aliphatic heterocycles. The summed E-state index contributed by atoms with van der Waals surface area (Å²) in [5.74, 6) is -1.00. The average Bonchev–Trinajstić information content (AvgIpc) is 2.56. The van der Waals surface area contributed by atoms with Gasteiger partial charge in [0.15, 0.2) is 5.69 Å². The molecule has 1 amide bonds. The molecule has 0 bridgehead atoms. The lowest BCUT2D eigenvalue weighted by molar-refractivity contribution is -0.385. The first-order chi connectivity index (χ1) is 8.02. The van der Waals surface area contributed by atoms with Gasteiger partial charge in [0.1, 0.15) is 5.69 Å². The summed E-state index contributed by atoms with van der Waals surface area (Å²) in [4.78, 5) is 24.0. The molecule has 0 N–H and O–H groups in total. The molecule has 0 spiro atoms. The third-order valence-electron chi connectivity index (χ3n) is 2.10. The second-order valence-electron chi connectivity index (χ2n) is 3.27. The smallest absolute Gasteiger partial charge is 0.285 e. The summed E-state index contributed by atoms with van der Waals surface area (Å²) in [6.07, 6.45) is 1.04. The molecule has 1 rings (SSSR count). The summed E-state index contributed by atoms with van der Waals surface area (Å²) >= 11 is 0. The first-order valence-corrected chi connectivity index (χ1v) is 4.82. The summed E-state index contributed by atoms with van der Waals surface area (Å²) in [6.45, 7) is 1.84. The molecular weight excluding hydrogens is 228 g/mol. The SMILES string of the molecule is CCCc1nn(C)c(C(=O)N=[N+]=[N-])c1[N+](=O)[O-]. The van der Waals surface area contributed by atoms with Crippen LogP contribution in [0.3, 0.4) is 0 Å². The van der Waals surface area contributed by atoms with E-state index < -0.39 is 10.8 Å². The van der Waals surface area contributed by atoms with Crippen LogP contribution in [0.25, 0.3) is 10.4 Å². The van der Waals surface area contributed by atoms with Crippen LogP contribution in [0.4, 0.5) is 5.69 Å². The van der Waals surface area contributed by atoms with Gasteiger partial charge in [0.2, 0.25) is 0 Å². The molecule has 0 saturated heterocycles. The van der Waals surface area contributed by atoms with Gasteiger partial charge in [-0.3, -0.25) is 19.6 Å². The lowest BCUT2D eigenvalue weighted by Crippen LogP contribution is -2.06. The third kappa shape index (κ3) is 2.40. The van der Waals surface area contributed by atoms with Crippen LogP contribution in [0.5, 0.6) is 0 Å². The van der Waals surface area contributed by atoms with E-state index in [0.29, 0.717) is 12.8 Å². The lowest BCUT2D eigenvalue weighted by Gasteiger charge is -1.94. The molecule has 9 nitrogen and oxygen atoms in total. The van der Waals surface area contributed by atoms with Gasteiger partial charge in [-0.1, -0.05) is 13.3 Å². The number of nitro groups is 1. The molecular formula is C8H10N6O3. The summed E-state index contributed by atoms with van der Waals surface area (Å²) in [7, 11) is 1.40. The fraction of sp³-hybridized carbons (Fsp3) is 0.500. The van der Waals surface area contributed by atoms with Crippen molar-refractivity contribution < 1.29 is 9.72 Å². The second kappa shape index (κ2) is 5.08. The zero-order chi connectivity index (χ0) is 13.0. The number of azide groups is 1. The second-order valence-corrected chi connectivity index (χ2v) is 3.27. The van der Waals surface area contributed by atoms with E-state index in [1.165, 1.54) is 7.05 Å². The van der Waals surface area contributed by atoms with Crippen molar-refractivity contribution in [1.82, 2.24) is 9.78 Å². The van der Waals surface area contributed by atoms with Crippen molar-refractivity contribution in [2.75, 3.05) is 0 Å². The monoisotopic (exact) mass is 238 g/mol. The Bertz CT molecular complexity index is 514. The van der Waals surface area contributed by atoms with Crippen LogP contribution < -0.4 is 0 Å². The largest absolute Gasteiger partial charge is 0.321 e. The molecule has 0 unspecified atom stereocenters. The molecule has 0 saturated carbocycles. The van der Waals surface area contributed by atoms with Crippen LogP contribution >= 0.6 is 0 Å². The molecule has 1 aromatic heterocycles. The maximum Gasteiger partial charge on any atom is 0.321 e. The fourth-order valence-electron chi connectivity index (χ4n) is 1.49. The predicted octanol–water partition coefficient (Wildman–Crippen LogP) is 1.73. The minimum Gasteiger partial charge on any atom is -0.285 e. The molecule has 17 heavy (non-hydrogen) atoms. The number of carbonyl (C=O) groups is 1. The van der Waals surface area contributed by atoms with Crippen molar-refractivity contribution in [3.63, 3.8) is 0 Å². The van der Waals surface area contributed by atoms with E-state index in [1.54, 1.807) is 0 Å². The Balaban J connectivity index is 3.42. The predicted molar refractivity (Wildman–Crippen MR) is 57.3 cm³/mol. The number of hydrogen-bond donors (Lipinski definition) is 0. The zero-order valence-electron chi connectivity index (χ0n) is 9.32. The Morgan fingerprint density at radius 2 is 2.35 bits per heavy atom. The number of rotatable bonds is 4. The lowest BCUT2D eigenvalue weighted by atomic mass is 10.2. The van der Waals surface area contributed by atoms with Gasteiger partial charge in [-0.05, 0) is 17.1 Å². The van der Waals surface area contributed by atoms with E-state index in [9.17, 15) is 14.9 Å². The normalized spacial score (nSPS) is 9.76. The fourth-order valence-corrected chi connectivity index (χ4v) is 1.49. The van der Waals surface area contributed by atoms with Gasteiger partial charge in [-0.25, -0.2) is 0 Å². The molecule has 0 aromatic carbocycles. The van der Waals surface area contributed by atoms with Crippen molar-refractivity contribution in [2.45, 2.75) is 19.8 Å². The van der Waals surface area contributed by atoms with Crippen molar-refractivity contribution in [3.8, 4) is 0 Å². The van der Waals surface area contributed by atoms with E-state index in [-0.39, 0.29) is 17.1 Å². The number of aryl methyl sites for hydroxylation is 2. The van der Waals surface area contributed by atoms with E-state index in [2.05, 4.69) is 15.1 Å². The van der Waals surface area contributed by atoms with E-state index in [0.717, 1.165) is 4.68 Å². The Morgan fingerprint density at radius 1 is 1.71 bits per heavy atom. The highest BCUT2D eigenvalue weighted by atomic mass is 16.6. The first-order valence-electron chi connectivity index (χ1n) is 4.82. The highest BCUT2D eigenvalue weighted by molar-refractivity contribution is 5.97. The zero-order valence-corrected chi connectivity index (χ0v) is 9.32. The summed E-state index contributed by atoms with van der Waals surface area (Å²) in [5, 5.41) is 17.6.